The molecule has 0 bridgehead atoms. The third kappa shape index (κ3) is 3.47. The number of allylic oxidation sites excluding steroid dienone is 1. The number of aromatic nitrogens is 2. The maximum atomic E-state index is 12.7. The zero-order valence-electron chi connectivity index (χ0n) is 13.9. The number of aliphatic carboxylic acids is 1. The molecule has 0 saturated carbocycles. The van der Waals surface area contributed by atoms with Crippen LogP contribution in [0.1, 0.15) is 41.0 Å². The Balaban J connectivity index is 1.88. The molecule has 0 saturated heterocycles. The summed E-state index contributed by atoms with van der Waals surface area (Å²) in [5.74, 6) is -1.47. The fraction of sp³-hybridized carbons (Fsp3) is 0.316. The van der Waals surface area contributed by atoms with Crippen LogP contribution in [0.5, 0.6) is 0 Å². The highest BCUT2D eigenvalue weighted by atomic mass is 16.4. The van der Waals surface area contributed by atoms with Crippen molar-refractivity contribution >= 4 is 11.9 Å². The number of carboxylic acids is 1. The van der Waals surface area contributed by atoms with Crippen LogP contribution in [0.2, 0.25) is 0 Å². The van der Waals surface area contributed by atoms with Gasteiger partial charge in [-0.2, -0.15) is 5.10 Å². The van der Waals surface area contributed by atoms with Crippen molar-refractivity contribution in [3.63, 3.8) is 0 Å². The van der Waals surface area contributed by atoms with Crippen molar-refractivity contribution in [1.82, 2.24) is 15.1 Å². The van der Waals surface area contributed by atoms with Crippen LogP contribution in [0.4, 0.5) is 0 Å². The summed E-state index contributed by atoms with van der Waals surface area (Å²) >= 11 is 0. The summed E-state index contributed by atoms with van der Waals surface area (Å²) in [7, 11) is 0. The minimum Gasteiger partial charge on any atom is -0.480 e. The number of carbonyl (C=O) groups excluding carboxylic acids is 1. The molecule has 6 nitrogen and oxygen atoms in total. The molecular formula is C19H21N3O3. The number of nitrogens with zero attached hydrogens (tertiary/aromatic N) is 2. The fourth-order valence-corrected chi connectivity index (χ4v) is 3.17. The summed E-state index contributed by atoms with van der Waals surface area (Å²) in [4.78, 5) is 24.0. The molecule has 1 unspecified atom stereocenters. The van der Waals surface area contributed by atoms with Crippen LogP contribution in [0.25, 0.3) is 5.69 Å². The molecule has 25 heavy (non-hydrogen) atoms. The van der Waals surface area contributed by atoms with E-state index >= 15 is 0 Å². The van der Waals surface area contributed by atoms with Gasteiger partial charge in [-0.05, 0) is 44.2 Å². The molecule has 1 aliphatic rings. The zero-order valence-corrected chi connectivity index (χ0v) is 13.9. The van der Waals surface area contributed by atoms with Crippen LogP contribution in [-0.2, 0) is 17.6 Å². The lowest BCUT2D eigenvalue weighted by molar-refractivity contribution is -0.139. The molecule has 1 aromatic heterocycles. The second-order valence-corrected chi connectivity index (χ2v) is 6.11. The van der Waals surface area contributed by atoms with Crippen molar-refractivity contribution in [2.24, 2.45) is 0 Å². The number of hydrogen-bond acceptors (Lipinski definition) is 3. The number of para-hydroxylation sites is 1. The molecule has 0 spiro atoms. The second-order valence-electron chi connectivity index (χ2n) is 6.11. The predicted molar refractivity (Wildman–Crippen MR) is 93.9 cm³/mol. The van der Waals surface area contributed by atoms with Gasteiger partial charge in [-0.3, -0.25) is 4.79 Å². The minimum atomic E-state index is -1.05. The number of rotatable bonds is 7. The third-order valence-corrected chi connectivity index (χ3v) is 4.41. The van der Waals surface area contributed by atoms with Gasteiger partial charge in [-0.25, -0.2) is 9.48 Å². The molecule has 1 heterocycles. The molecule has 0 radical (unpaired) electrons. The quantitative estimate of drug-likeness (QED) is 0.759. The largest absolute Gasteiger partial charge is 0.480 e. The highest BCUT2D eigenvalue weighted by Crippen LogP contribution is 2.27. The Morgan fingerprint density at radius 1 is 1.32 bits per heavy atom. The van der Waals surface area contributed by atoms with Crippen LogP contribution >= 0.6 is 0 Å². The van der Waals surface area contributed by atoms with Gasteiger partial charge in [-0.15, -0.1) is 6.58 Å². The lowest BCUT2D eigenvalue weighted by Crippen LogP contribution is -2.41. The number of hydrogen-bond donors (Lipinski definition) is 2. The van der Waals surface area contributed by atoms with Crippen molar-refractivity contribution in [3.05, 3.63) is 59.9 Å². The van der Waals surface area contributed by atoms with Crippen molar-refractivity contribution in [2.45, 2.75) is 38.1 Å². The third-order valence-electron chi connectivity index (χ3n) is 4.41. The first kappa shape index (κ1) is 17.0. The fourth-order valence-electron chi connectivity index (χ4n) is 3.17. The number of benzene rings is 1. The van der Waals surface area contributed by atoms with Gasteiger partial charge in [0.25, 0.3) is 5.91 Å². The molecule has 2 aromatic rings. The number of amides is 1. The lowest BCUT2D eigenvalue weighted by atomic mass is 10.1. The van der Waals surface area contributed by atoms with E-state index in [1.165, 1.54) is 0 Å². The number of fused-ring (bicyclic) bond motifs is 1. The molecule has 0 aliphatic heterocycles. The summed E-state index contributed by atoms with van der Waals surface area (Å²) in [5.41, 5.74) is 3.20. The lowest BCUT2D eigenvalue weighted by Gasteiger charge is -2.13. The maximum Gasteiger partial charge on any atom is 0.326 e. The summed E-state index contributed by atoms with van der Waals surface area (Å²) in [6, 6.07) is 8.72. The van der Waals surface area contributed by atoms with E-state index in [2.05, 4.69) is 17.0 Å². The average Bonchev–Trinajstić information content (AvgIpc) is 3.21. The first-order chi connectivity index (χ1) is 12.1. The van der Waals surface area contributed by atoms with E-state index in [4.69, 9.17) is 0 Å². The topological polar surface area (TPSA) is 84.2 Å². The molecule has 6 heteroatoms. The molecule has 2 N–H and O–H groups in total. The monoisotopic (exact) mass is 339 g/mol. The van der Waals surface area contributed by atoms with Crippen molar-refractivity contribution in [1.29, 1.82) is 0 Å². The zero-order chi connectivity index (χ0) is 17.8. The summed E-state index contributed by atoms with van der Waals surface area (Å²) in [6.45, 7) is 3.59. The van der Waals surface area contributed by atoms with Gasteiger partial charge in [0.1, 0.15) is 6.04 Å². The first-order valence-corrected chi connectivity index (χ1v) is 8.42. The SMILES string of the molecule is C=CCCC(NC(=O)c1nn(-c2ccccc2)c2c1CCC2)C(=O)O. The normalized spacial score (nSPS) is 13.9. The van der Waals surface area contributed by atoms with Crippen LogP contribution < -0.4 is 5.32 Å². The van der Waals surface area contributed by atoms with E-state index in [0.29, 0.717) is 18.5 Å². The molecule has 1 atom stereocenters. The van der Waals surface area contributed by atoms with Crippen molar-refractivity contribution < 1.29 is 14.7 Å². The van der Waals surface area contributed by atoms with Crippen LogP contribution in [0.15, 0.2) is 43.0 Å². The molecule has 0 fully saturated rings. The summed E-state index contributed by atoms with van der Waals surface area (Å²) in [6.07, 6.45) is 5.10. The number of nitrogens with one attached hydrogen (secondary N) is 1. The Bertz CT molecular complexity index is 796. The van der Waals surface area contributed by atoms with Gasteiger partial charge in [0.15, 0.2) is 5.69 Å². The second kappa shape index (κ2) is 7.34. The Labute approximate surface area is 146 Å². The van der Waals surface area contributed by atoms with E-state index in [0.717, 1.165) is 36.2 Å². The summed E-state index contributed by atoms with van der Waals surface area (Å²) in [5, 5.41) is 16.4. The number of carbonyl (C=O) groups is 2. The maximum absolute atomic E-state index is 12.7. The van der Waals surface area contributed by atoms with Crippen molar-refractivity contribution in [3.8, 4) is 5.69 Å². The highest BCUT2D eigenvalue weighted by Gasteiger charge is 2.29. The van der Waals surface area contributed by atoms with E-state index in [1.54, 1.807) is 10.8 Å². The Morgan fingerprint density at radius 3 is 2.76 bits per heavy atom. The van der Waals surface area contributed by atoms with E-state index in [-0.39, 0.29) is 0 Å². The van der Waals surface area contributed by atoms with Crippen LogP contribution in [-0.4, -0.2) is 32.8 Å². The molecular weight excluding hydrogens is 318 g/mol. The van der Waals surface area contributed by atoms with Crippen LogP contribution in [0, 0.1) is 0 Å². The highest BCUT2D eigenvalue weighted by molar-refractivity contribution is 5.96. The van der Waals surface area contributed by atoms with E-state index < -0.39 is 17.9 Å². The number of carboxylic acid groups (broad SMARTS) is 1. The van der Waals surface area contributed by atoms with Gasteiger partial charge in [-0.1, -0.05) is 24.3 Å². The Kier molecular flexibility index (Phi) is 4.97. The van der Waals surface area contributed by atoms with Crippen LogP contribution in [0.3, 0.4) is 0 Å². The minimum absolute atomic E-state index is 0.312. The Morgan fingerprint density at radius 2 is 2.08 bits per heavy atom. The predicted octanol–water partition coefficient (Wildman–Crippen LogP) is 2.51. The standard InChI is InChI=1S/C19H21N3O3/c1-2-3-11-15(19(24)25)20-18(23)17-14-10-7-12-16(14)22(21-17)13-8-5-4-6-9-13/h2,4-6,8-9,15H,1,3,7,10-12H2,(H,20,23)(H,24,25). The molecule has 3 rings (SSSR count). The molecule has 130 valence electrons. The summed E-state index contributed by atoms with van der Waals surface area (Å²) < 4.78 is 1.80. The van der Waals surface area contributed by atoms with Gasteiger partial charge in [0, 0.05) is 11.3 Å². The van der Waals surface area contributed by atoms with E-state index in [1.807, 2.05) is 30.3 Å². The van der Waals surface area contributed by atoms with Gasteiger partial charge in [0.05, 0.1) is 5.69 Å². The first-order valence-electron chi connectivity index (χ1n) is 8.42. The molecule has 1 amide bonds. The average molecular weight is 339 g/mol. The van der Waals surface area contributed by atoms with Crippen molar-refractivity contribution in [2.75, 3.05) is 0 Å². The smallest absolute Gasteiger partial charge is 0.326 e. The molecule has 1 aromatic carbocycles. The van der Waals surface area contributed by atoms with Gasteiger partial charge in [0.2, 0.25) is 0 Å². The van der Waals surface area contributed by atoms with Gasteiger partial charge >= 0.3 is 5.97 Å². The Hall–Kier alpha value is -2.89. The van der Waals surface area contributed by atoms with E-state index in [9.17, 15) is 14.7 Å². The molecule has 1 aliphatic carbocycles. The van der Waals surface area contributed by atoms with Gasteiger partial charge < -0.3 is 10.4 Å².